The van der Waals surface area contributed by atoms with Crippen molar-refractivity contribution in [2.45, 2.75) is 38.8 Å². The molecule has 0 unspecified atom stereocenters. The van der Waals surface area contributed by atoms with Gasteiger partial charge >= 0.3 is 4.87 Å². The van der Waals surface area contributed by atoms with E-state index in [2.05, 4.69) is 16.3 Å². The van der Waals surface area contributed by atoms with Crippen molar-refractivity contribution in [3.63, 3.8) is 0 Å². The van der Waals surface area contributed by atoms with Crippen molar-refractivity contribution in [2.24, 2.45) is 0 Å². The van der Waals surface area contributed by atoms with Crippen LogP contribution in [0.5, 0.6) is 5.75 Å². The molecule has 146 valence electrons. The monoisotopic (exact) mass is 389 g/mol. The molecule has 1 aliphatic rings. The van der Waals surface area contributed by atoms with Crippen LogP contribution < -0.4 is 14.9 Å². The second kappa shape index (κ2) is 9.19. The number of hydrogen-bond donors (Lipinski definition) is 1. The Labute approximate surface area is 163 Å². The van der Waals surface area contributed by atoms with Crippen LogP contribution in [0, 0.1) is 6.92 Å². The Bertz CT molecular complexity index is 824. The highest BCUT2D eigenvalue weighted by atomic mass is 32.1. The highest BCUT2D eigenvalue weighted by Crippen LogP contribution is 2.31. The number of likely N-dealkylation sites (tertiary alicyclic amines) is 1. The van der Waals surface area contributed by atoms with Gasteiger partial charge in [-0.15, -0.1) is 0 Å². The minimum atomic E-state index is -0.0356. The van der Waals surface area contributed by atoms with Crippen molar-refractivity contribution in [3.8, 4) is 5.75 Å². The molecule has 6 nitrogen and oxygen atoms in total. The number of carbonyl (C=O) groups is 1. The summed E-state index contributed by atoms with van der Waals surface area (Å²) in [5.41, 5.74) is 2.01. The third kappa shape index (κ3) is 4.78. The fraction of sp³-hybridized carbons (Fsp3) is 0.500. The van der Waals surface area contributed by atoms with Gasteiger partial charge in [0.05, 0.1) is 13.2 Å². The van der Waals surface area contributed by atoms with E-state index in [4.69, 9.17) is 4.74 Å². The average molecular weight is 390 g/mol. The van der Waals surface area contributed by atoms with Crippen LogP contribution >= 0.6 is 11.3 Å². The van der Waals surface area contributed by atoms with Crippen molar-refractivity contribution in [3.05, 3.63) is 50.6 Å². The van der Waals surface area contributed by atoms with Gasteiger partial charge in [0.1, 0.15) is 5.75 Å². The minimum Gasteiger partial charge on any atom is -0.496 e. The number of ether oxygens (including phenoxy) is 1. The molecule has 7 heteroatoms. The number of benzene rings is 1. The zero-order chi connectivity index (χ0) is 19.2. The molecular weight excluding hydrogens is 362 g/mol. The van der Waals surface area contributed by atoms with Crippen molar-refractivity contribution in [1.82, 2.24) is 14.8 Å². The topological polar surface area (TPSA) is 63.6 Å². The molecular formula is C20H27N3O3S. The van der Waals surface area contributed by atoms with E-state index >= 15 is 0 Å². The number of carbonyl (C=O) groups excluding carboxylic acids is 1. The Balaban J connectivity index is 1.64. The lowest BCUT2D eigenvalue weighted by Crippen LogP contribution is -2.37. The van der Waals surface area contributed by atoms with Crippen molar-refractivity contribution in [2.75, 3.05) is 26.7 Å². The van der Waals surface area contributed by atoms with Crippen LogP contribution in [0.4, 0.5) is 0 Å². The van der Waals surface area contributed by atoms with Gasteiger partial charge in [0.25, 0.3) is 0 Å². The summed E-state index contributed by atoms with van der Waals surface area (Å²) < 4.78 is 7.19. The summed E-state index contributed by atoms with van der Waals surface area (Å²) in [5, 5.41) is 4.89. The molecule has 0 aliphatic carbocycles. The Morgan fingerprint density at radius 3 is 2.70 bits per heavy atom. The Morgan fingerprint density at radius 2 is 2.04 bits per heavy atom. The van der Waals surface area contributed by atoms with E-state index in [0.29, 0.717) is 19.5 Å². The first-order chi connectivity index (χ1) is 13.1. The molecule has 3 rings (SSSR count). The number of methoxy groups -OCH3 is 1. The average Bonchev–Trinajstić information content (AvgIpc) is 3.31. The zero-order valence-corrected chi connectivity index (χ0v) is 16.8. The van der Waals surface area contributed by atoms with Gasteiger partial charge in [0.15, 0.2) is 0 Å². The standard InChI is InChI=1S/C20H27N3O3S/c1-15-14-27-20(25)23(15)12-9-19(24)21-13-17(22-10-5-6-11-22)16-7-3-4-8-18(16)26-2/h3-4,7-8,14,17H,5-6,9-13H2,1-2H3,(H,21,24)/t17-/m0/s1. The summed E-state index contributed by atoms with van der Waals surface area (Å²) in [5.74, 6) is 0.815. The van der Waals surface area contributed by atoms with E-state index in [1.54, 1.807) is 11.7 Å². The highest BCUT2D eigenvalue weighted by molar-refractivity contribution is 7.07. The first kappa shape index (κ1) is 19.6. The van der Waals surface area contributed by atoms with Crippen LogP contribution in [-0.4, -0.2) is 42.1 Å². The number of aromatic nitrogens is 1. The van der Waals surface area contributed by atoms with Gasteiger partial charge in [-0.25, -0.2) is 0 Å². The van der Waals surface area contributed by atoms with Gasteiger partial charge in [-0.2, -0.15) is 0 Å². The molecule has 1 aromatic carbocycles. The third-order valence-corrected chi connectivity index (χ3v) is 5.99. The summed E-state index contributed by atoms with van der Waals surface area (Å²) in [7, 11) is 1.68. The normalized spacial score (nSPS) is 15.6. The van der Waals surface area contributed by atoms with Crippen LogP contribution in [0.3, 0.4) is 0 Å². The third-order valence-electron chi connectivity index (χ3n) is 5.11. The molecule has 0 radical (unpaired) electrons. The Morgan fingerprint density at radius 1 is 1.30 bits per heavy atom. The number of aryl methyl sites for hydroxylation is 1. The Hall–Kier alpha value is -2.12. The predicted molar refractivity (Wildman–Crippen MR) is 107 cm³/mol. The van der Waals surface area contributed by atoms with Crippen LogP contribution in [0.1, 0.15) is 36.6 Å². The highest BCUT2D eigenvalue weighted by Gasteiger charge is 2.26. The summed E-state index contributed by atoms with van der Waals surface area (Å²) in [4.78, 5) is 26.6. The molecule has 27 heavy (non-hydrogen) atoms. The molecule has 1 aliphatic heterocycles. The molecule has 1 aromatic heterocycles. The van der Waals surface area contributed by atoms with Crippen molar-refractivity contribution >= 4 is 17.2 Å². The van der Waals surface area contributed by atoms with E-state index in [9.17, 15) is 9.59 Å². The summed E-state index contributed by atoms with van der Waals surface area (Å²) >= 11 is 1.17. The predicted octanol–water partition coefficient (Wildman–Crippen LogP) is 2.57. The van der Waals surface area contributed by atoms with Gasteiger partial charge in [0, 0.05) is 36.1 Å². The van der Waals surface area contributed by atoms with Crippen LogP contribution in [0.15, 0.2) is 34.4 Å². The maximum atomic E-state index is 12.4. The number of amides is 1. The SMILES string of the molecule is COc1ccccc1[C@H](CNC(=O)CCn1c(C)csc1=O)N1CCCC1. The van der Waals surface area contributed by atoms with Gasteiger partial charge in [0.2, 0.25) is 5.91 Å². The smallest absolute Gasteiger partial charge is 0.307 e. The maximum absolute atomic E-state index is 12.4. The van der Waals surface area contributed by atoms with E-state index in [1.807, 2.05) is 30.5 Å². The molecule has 1 atom stereocenters. The second-order valence-electron chi connectivity index (χ2n) is 6.85. The molecule has 1 amide bonds. The molecule has 0 saturated carbocycles. The summed E-state index contributed by atoms with van der Waals surface area (Å²) in [6, 6.07) is 8.10. The molecule has 1 saturated heterocycles. The lowest BCUT2D eigenvalue weighted by molar-refractivity contribution is -0.121. The summed E-state index contributed by atoms with van der Waals surface area (Å²) in [6.07, 6.45) is 2.66. The minimum absolute atomic E-state index is 0.00994. The van der Waals surface area contributed by atoms with Crippen molar-refractivity contribution < 1.29 is 9.53 Å². The molecule has 0 bridgehead atoms. The Kier molecular flexibility index (Phi) is 6.68. The lowest BCUT2D eigenvalue weighted by atomic mass is 10.0. The second-order valence-corrected chi connectivity index (χ2v) is 7.67. The largest absolute Gasteiger partial charge is 0.496 e. The van der Waals surface area contributed by atoms with Crippen LogP contribution in [0.25, 0.3) is 0 Å². The van der Waals surface area contributed by atoms with Crippen LogP contribution in [-0.2, 0) is 11.3 Å². The lowest BCUT2D eigenvalue weighted by Gasteiger charge is -2.29. The fourth-order valence-electron chi connectivity index (χ4n) is 3.62. The first-order valence-corrected chi connectivity index (χ1v) is 10.3. The quantitative estimate of drug-likeness (QED) is 0.754. The van der Waals surface area contributed by atoms with Crippen LogP contribution in [0.2, 0.25) is 0 Å². The van der Waals surface area contributed by atoms with E-state index in [1.165, 1.54) is 24.2 Å². The molecule has 2 heterocycles. The molecule has 2 aromatic rings. The van der Waals surface area contributed by atoms with Gasteiger partial charge in [-0.3, -0.25) is 14.5 Å². The van der Waals surface area contributed by atoms with Gasteiger partial charge < -0.3 is 14.6 Å². The number of hydrogen-bond acceptors (Lipinski definition) is 5. The number of nitrogens with one attached hydrogen (secondary N) is 1. The van der Waals surface area contributed by atoms with Gasteiger partial charge in [-0.05, 0) is 38.9 Å². The zero-order valence-electron chi connectivity index (χ0n) is 15.9. The maximum Gasteiger partial charge on any atom is 0.307 e. The fourth-order valence-corrected chi connectivity index (χ4v) is 4.38. The molecule has 1 N–H and O–H groups in total. The van der Waals surface area contributed by atoms with E-state index in [0.717, 1.165) is 30.1 Å². The number of nitrogens with zero attached hydrogens (tertiary/aromatic N) is 2. The van der Waals surface area contributed by atoms with E-state index in [-0.39, 0.29) is 16.8 Å². The first-order valence-electron chi connectivity index (χ1n) is 9.38. The summed E-state index contributed by atoms with van der Waals surface area (Å²) in [6.45, 7) is 4.91. The molecule has 0 spiro atoms. The van der Waals surface area contributed by atoms with E-state index < -0.39 is 0 Å². The van der Waals surface area contributed by atoms with Crippen molar-refractivity contribution in [1.29, 1.82) is 0 Å². The number of thiazole rings is 1. The van der Waals surface area contributed by atoms with Gasteiger partial charge in [-0.1, -0.05) is 29.5 Å². The molecule has 1 fully saturated rings. The number of rotatable bonds is 8. The number of para-hydroxylation sites is 1.